The maximum Gasteiger partial charge on any atom is 0.416 e. The molecule has 0 atom stereocenters. The summed E-state index contributed by atoms with van der Waals surface area (Å²) in [5.41, 5.74) is 0.124. The van der Waals surface area contributed by atoms with Crippen molar-refractivity contribution in [1.29, 1.82) is 0 Å². The fourth-order valence-corrected chi connectivity index (χ4v) is 2.78. The molecule has 150 valence electrons. The van der Waals surface area contributed by atoms with Gasteiger partial charge in [0.25, 0.3) is 11.8 Å². The highest BCUT2D eigenvalue weighted by molar-refractivity contribution is 6.06. The third-order valence-electron chi connectivity index (χ3n) is 4.12. The van der Waals surface area contributed by atoms with Crippen molar-refractivity contribution in [2.24, 2.45) is 0 Å². The van der Waals surface area contributed by atoms with Crippen LogP contribution in [0.1, 0.15) is 53.0 Å². The van der Waals surface area contributed by atoms with Crippen LogP contribution >= 0.6 is 0 Å². The van der Waals surface area contributed by atoms with Crippen molar-refractivity contribution >= 4 is 17.5 Å². The van der Waals surface area contributed by atoms with Crippen LogP contribution in [-0.4, -0.2) is 29.8 Å². The van der Waals surface area contributed by atoms with Gasteiger partial charge >= 0.3 is 6.18 Å². The summed E-state index contributed by atoms with van der Waals surface area (Å²) < 4.78 is 37.9. The number of benzene rings is 2. The third-order valence-corrected chi connectivity index (χ3v) is 4.12. The third kappa shape index (κ3) is 5.58. The fraction of sp³-hybridized carbons (Fsp3) is 0.333. The average molecular weight is 392 g/mol. The molecule has 2 amide bonds. The number of alkyl halides is 3. The lowest BCUT2D eigenvalue weighted by atomic mass is 10.1. The first-order valence-electron chi connectivity index (χ1n) is 9.14. The van der Waals surface area contributed by atoms with Gasteiger partial charge in [-0.25, -0.2) is 0 Å². The Morgan fingerprint density at radius 2 is 1.50 bits per heavy atom. The monoisotopic (exact) mass is 392 g/mol. The Bertz CT molecular complexity index is 811. The van der Waals surface area contributed by atoms with Gasteiger partial charge in [-0.05, 0) is 55.3 Å². The molecular formula is C21H23F3N2O2. The van der Waals surface area contributed by atoms with E-state index in [4.69, 9.17) is 0 Å². The predicted octanol–water partition coefficient (Wildman–Crippen LogP) is 5.22. The van der Waals surface area contributed by atoms with E-state index < -0.39 is 17.6 Å². The SMILES string of the molecule is CCCN(CCC)C(=O)c1cccc(C(=O)Nc2ccc(C(F)(F)F)cc2)c1. The van der Waals surface area contributed by atoms with Gasteiger partial charge in [0.15, 0.2) is 0 Å². The van der Waals surface area contributed by atoms with Gasteiger partial charge < -0.3 is 10.2 Å². The highest BCUT2D eigenvalue weighted by Gasteiger charge is 2.30. The number of nitrogens with one attached hydrogen (secondary N) is 1. The highest BCUT2D eigenvalue weighted by Crippen LogP contribution is 2.29. The summed E-state index contributed by atoms with van der Waals surface area (Å²) in [6, 6.07) is 10.5. The molecule has 0 aliphatic rings. The van der Waals surface area contributed by atoms with Crippen LogP contribution in [0.3, 0.4) is 0 Å². The molecule has 0 aromatic heterocycles. The number of carbonyl (C=O) groups excluding carboxylic acids is 2. The van der Waals surface area contributed by atoms with Gasteiger partial charge in [-0.15, -0.1) is 0 Å². The molecule has 0 fully saturated rings. The largest absolute Gasteiger partial charge is 0.416 e. The molecule has 1 N–H and O–H groups in total. The van der Waals surface area contributed by atoms with Crippen LogP contribution in [0.15, 0.2) is 48.5 Å². The number of amides is 2. The van der Waals surface area contributed by atoms with E-state index in [1.807, 2.05) is 13.8 Å². The van der Waals surface area contributed by atoms with E-state index in [1.54, 1.807) is 23.1 Å². The molecule has 2 rings (SSSR count). The average Bonchev–Trinajstić information content (AvgIpc) is 2.67. The van der Waals surface area contributed by atoms with Gasteiger partial charge in [0, 0.05) is 29.9 Å². The fourth-order valence-electron chi connectivity index (χ4n) is 2.78. The molecule has 0 heterocycles. The van der Waals surface area contributed by atoms with Crippen LogP contribution in [0.5, 0.6) is 0 Å². The standard InChI is InChI=1S/C21H23F3N2O2/c1-3-12-26(13-4-2)20(28)16-7-5-6-15(14-16)19(27)25-18-10-8-17(9-11-18)21(22,23)24/h5-11,14H,3-4,12-13H2,1-2H3,(H,25,27). The minimum Gasteiger partial charge on any atom is -0.339 e. The van der Waals surface area contributed by atoms with Crippen LogP contribution in [0.4, 0.5) is 18.9 Å². The zero-order chi connectivity index (χ0) is 20.7. The van der Waals surface area contributed by atoms with Gasteiger partial charge in [0.1, 0.15) is 0 Å². The van der Waals surface area contributed by atoms with Crippen LogP contribution < -0.4 is 5.32 Å². The summed E-state index contributed by atoms with van der Waals surface area (Å²) in [7, 11) is 0. The van der Waals surface area contributed by atoms with E-state index in [1.165, 1.54) is 18.2 Å². The lowest BCUT2D eigenvalue weighted by Gasteiger charge is -2.21. The second-order valence-corrected chi connectivity index (χ2v) is 6.40. The first-order valence-corrected chi connectivity index (χ1v) is 9.14. The van der Waals surface area contributed by atoms with E-state index in [9.17, 15) is 22.8 Å². The zero-order valence-corrected chi connectivity index (χ0v) is 15.8. The lowest BCUT2D eigenvalue weighted by Crippen LogP contribution is -2.32. The molecule has 0 saturated heterocycles. The van der Waals surface area contributed by atoms with E-state index >= 15 is 0 Å². The Hall–Kier alpha value is -2.83. The summed E-state index contributed by atoms with van der Waals surface area (Å²) in [4.78, 5) is 26.9. The quantitative estimate of drug-likeness (QED) is 0.702. The molecule has 7 heteroatoms. The van der Waals surface area contributed by atoms with Gasteiger partial charge in [-0.3, -0.25) is 9.59 Å². The van der Waals surface area contributed by atoms with Gasteiger partial charge in [0.05, 0.1) is 5.56 Å². The van der Waals surface area contributed by atoms with Gasteiger partial charge in [0.2, 0.25) is 0 Å². The van der Waals surface area contributed by atoms with Crippen molar-refractivity contribution in [3.05, 3.63) is 65.2 Å². The molecule has 0 unspecified atom stereocenters. The minimum absolute atomic E-state index is 0.145. The first-order chi connectivity index (χ1) is 13.3. The summed E-state index contributed by atoms with van der Waals surface area (Å²) in [6.45, 7) is 5.25. The summed E-state index contributed by atoms with van der Waals surface area (Å²) in [6.07, 6.45) is -2.76. The first kappa shape index (κ1) is 21.5. The van der Waals surface area contributed by atoms with E-state index in [0.717, 1.165) is 25.0 Å². The molecule has 4 nitrogen and oxygen atoms in total. The number of carbonyl (C=O) groups is 2. The molecular weight excluding hydrogens is 369 g/mol. The number of halogens is 3. The summed E-state index contributed by atoms with van der Waals surface area (Å²) in [5, 5.41) is 2.55. The van der Waals surface area contributed by atoms with Gasteiger partial charge in [-0.1, -0.05) is 19.9 Å². The number of rotatable bonds is 7. The van der Waals surface area contributed by atoms with Crippen molar-refractivity contribution in [2.45, 2.75) is 32.9 Å². The molecule has 0 aliphatic carbocycles. The van der Waals surface area contributed by atoms with Crippen molar-refractivity contribution in [2.75, 3.05) is 18.4 Å². The highest BCUT2D eigenvalue weighted by atomic mass is 19.4. The second kappa shape index (κ2) is 9.39. The smallest absolute Gasteiger partial charge is 0.339 e. The van der Waals surface area contributed by atoms with E-state index in [2.05, 4.69) is 5.32 Å². The zero-order valence-electron chi connectivity index (χ0n) is 15.8. The molecule has 28 heavy (non-hydrogen) atoms. The Morgan fingerprint density at radius 1 is 0.929 bits per heavy atom. The molecule has 2 aromatic rings. The maximum atomic E-state index is 12.7. The van der Waals surface area contributed by atoms with Gasteiger partial charge in [-0.2, -0.15) is 13.2 Å². The Labute approximate surface area is 162 Å². The van der Waals surface area contributed by atoms with Crippen LogP contribution in [-0.2, 0) is 6.18 Å². The number of nitrogens with zero attached hydrogens (tertiary/aromatic N) is 1. The van der Waals surface area contributed by atoms with E-state index in [0.29, 0.717) is 18.7 Å². The topological polar surface area (TPSA) is 49.4 Å². The second-order valence-electron chi connectivity index (χ2n) is 6.40. The van der Waals surface area contributed by atoms with Crippen LogP contribution in [0.2, 0.25) is 0 Å². The number of anilines is 1. The Kier molecular flexibility index (Phi) is 7.20. The normalized spacial score (nSPS) is 11.2. The Morgan fingerprint density at radius 3 is 2.04 bits per heavy atom. The molecule has 0 saturated carbocycles. The molecule has 0 radical (unpaired) electrons. The van der Waals surface area contributed by atoms with Crippen LogP contribution in [0, 0.1) is 0 Å². The molecule has 0 aliphatic heterocycles. The predicted molar refractivity (Wildman–Crippen MR) is 102 cm³/mol. The number of hydrogen-bond donors (Lipinski definition) is 1. The summed E-state index contributed by atoms with van der Waals surface area (Å²) >= 11 is 0. The van der Waals surface area contributed by atoms with Crippen molar-refractivity contribution in [1.82, 2.24) is 4.90 Å². The molecule has 2 aromatic carbocycles. The molecule has 0 spiro atoms. The summed E-state index contributed by atoms with van der Waals surface area (Å²) in [5.74, 6) is -0.639. The Balaban J connectivity index is 2.14. The van der Waals surface area contributed by atoms with Crippen molar-refractivity contribution < 1.29 is 22.8 Å². The van der Waals surface area contributed by atoms with Crippen molar-refractivity contribution in [3.8, 4) is 0 Å². The minimum atomic E-state index is -4.43. The maximum absolute atomic E-state index is 12.7. The van der Waals surface area contributed by atoms with Crippen LogP contribution in [0.25, 0.3) is 0 Å². The van der Waals surface area contributed by atoms with Crippen molar-refractivity contribution in [3.63, 3.8) is 0 Å². The van der Waals surface area contributed by atoms with E-state index in [-0.39, 0.29) is 17.2 Å². The number of hydrogen-bond acceptors (Lipinski definition) is 2. The molecule has 0 bridgehead atoms. The lowest BCUT2D eigenvalue weighted by molar-refractivity contribution is -0.137.